The molecule has 0 N–H and O–H groups in total. The van der Waals surface area contributed by atoms with Crippen LogP contribution in [0.3, 0.4) is 0 Å². The Bertz CT molecular complexity index is 351. The maximum Gasteiger partial charge on any atom is 0.143 e. The van der Waals surface area contributed by atoms with Gasteiger partial charge in [0.1, 0.15) is 12.4 Å². The van der Waals surface area contributed by atoms with E-state index < -0.39 is 0 Å². The van der Waals surface area contributed by atoms with Crippen LogP contribution >= 0.6 is 15.9 Å². The second-order valence-corrected chi connectivity index (χ2v) is 4.35. The van der Waals surface area contributed by atoms with Crippen LogP contribution in [-0.2, 0) is 6.42 Å². The number of likely N-dealkylation sites (N-methyl/N-ethyl adjacent to an activating group) is 1. The molecule has 1 heterocycles. The van der Waals surface area contributed by atoms with Crippen molar-refractivity contribution in [3.63, 3.8) is 0 Å². The fraction of sp³-hybridized carbons (Fsp3) is 0.455. The minimum Gasteiger partial charge on any atom is -0.490 e. The number of halogens is 1. The minimum absolute atomic E-state index is 0.786. The smallest absolute Gasteiger partial charge is 0.143 e. The van der Waals surface area contributed by atoms with Crippen LogP contribution in [0, 0.1) is 0 Å². The topological polar surface area (TPSA) is 12.5 Å². The van der Waals surface area contributed by atoms with E-state index in [1.54, 1.807) is 0 Å². The Kier molecular flexibility index (Phi) is 2.68. The summed E-state index contributed by atoms with van der Waals surface area (Å²) < 4.78 is 6.81. The van der Waals surface area contributed by atoms with Gasteiger partial charge in [-0.3, -0.25) is 0 Å². The van der Waals surface area contributed by atoms with E-state index >= 15 is 0 Å². The summed E-state index contributed by atoms with van der Waals surface area (Å²) in [6.07, 6.45) is 1.03. The first-order valence-electron chi connectivity index (χ1n) is 4.89. The number of nitrogens with zero attached hydrogens (tertiary/aromatic N) is 1. The van der Waals surface area contributed by atoms with E-state index in [0.29, 0.717) is 0 Å². The molecule has 1 aromatic carbocycles. The molecule has 0 unspecified atom stereocenters. The lowest BCUT2D eigenvalue weighted by Gasteiger charge is -2.30. The summed E-state index contributed by atoms with van der Waals surface area (Å²) in [5, 5.41) is 0. The van der Waals surface area contributed by atoms with Crippen LogP contribution in [0.25, 0.3) is 0 Å². The fourth-order valence-corrected chi connectivity index (χ4v) is 2.47. The SMILES string of the molecule is CCc1c(Br)ccc2c1N(C)CCO2. The Morgan fingerprint density at radius 2 is 2.29 bits per heavy atom. The Balaban J connectivity index is 2.57. The predicted molar refractivity (Wildman–Crippen MR) is 62.3 cm³/mol. The lowest BCUT2D eigenvalue weighted by Crippen LogP contribution is -2.29. The second kappa shape index (κ2) is 3.81. The number of benzene rings is 1. The highest BCUT2D eigenvalue weighted by atomic mass is 79.9. The predicted octanol–water partition coefficient (Wildman–Crippen LogP) is 2.84. The average Bonchev–Trinajstić information content (AvgIpc) is 2.19. The normalized spacial score (nSPS) is 14.9. The number of hydrogen-bond acceptors (Lipinski definition) is 2. The van der Waals surface area contributed by atoms with Crippen molar-refractivity contribution >= 4 is 21.6 Å². The Morgan fingerprint density at radius 1 is 1.50 bits per heavy atom. The van der Waals surface area contributed by atoms with Crippen LogP contribution in [-0.4, -0.2) is 20.2 Å². The lowest BCUT2D eigenvalue weighted by atomic mass is 10.1. The van der Waals surface area contributed by atoms with Gasteiger partial charge in [-0.2, -0.15) is 0 Å². The van der Waals surface area contributed by atoms with Crippen molar-refractivity contribution in [3.8, 4) is 5.75 Å². The van der Waals surface area contributed by atoms with Crippen LogP contribution in [0.1, 0.15) is 12.5 Å². The van der Waals surface area contributed by atoms with E-state index in [2.05, 4.69) is 40.9 Å². The van der Waals surface area contributed by atoms with Crippen molar-refractivity contribution in [1.29, 1.82) is 0 Å². The molecule has 76 valence electrons. The van der Waals surface area contributed by atoms with Crippen LogP contribution in [0.5, 0.6) is 5.75 Å². The molecule has 1 aliphatic heterocycles. The first-order chi connectivity index (χ1) is 6.74. The molecular weight excluding hydrogens is 242 g/mol. The molecular formula is C11H14BrNO. The van der Waals surface area contributed by atoms with Gasteiger partial charge in [0, 0.05) is 11.5 Å². The first kappa shape index (κ1) is 9.84. The minimum atomic E-state index is 0.786. The van der Waals surface area contributed by atoms with Crippen LogP contribution < -0.4 is 9.64 Å². The molecule has 1 aliphatic rings. The summed E-state index contributed by atoms with van der Waals surface area (Å²) in [6.45, 7) is 3.92. The molecule has 0 aliphatic carbocycles. The molecule has 14 heavy (non-hydrogen) atoms. The van der Waals surface area contributed by atoms with Gasteiger partial charge in [0.25, 0.3) is 0 Å². The zero-order valence-corrected chi connectivity index (χ0v) is 10.1. The monoisotopic (exact) mass is 255 g/mol. The van der Waals surface area contributed by atoms with Crippen molar-refractivity contribution in [2.75, 3.05) is 25.1 Å². The van der Waals surface area contributed by atoms with Gasteiger partial charge in [-0.05, 0) is 24.1 Å². The molecule has 3 heteroatoms. The van der Waals surface area contributed by atoms with E-state index in [1.807, 2.05) is 6.07 Å². The van der Waals surface area contributed by atoms with Crippen LogP contribution in [0.2, 0.25) is 0 Å². The second-order valence-electron chi connectivity index (χ2n) is 3.50. The van der Waals surface area contributed by atoms with Crippen molar-refractivity contribution in [2.45, 2.75) is 13.3 Å². The molecule has 2 nitrogen and oxygen atoms in total. The van der Waals surface area contributed by atoms with Gasteiger partial charge in [0.05, 0.1) is 12.2 Å². The van der Waals surface area contributed by atoms with Crippen molar-refractivity contribution in [2.24, 2.45) is 0 Å². The van der Waals surface area contributed by atoms with E-state index in [1.165, 1.54) is 15.7 Å². The highest BCUT2D eigenvalue weighted by Crippen LogP contribution is 2.38. The van der Waals surface area contributed by atoms with E-state index in [4.69, 9.17) is 4.74 Å². The molecule has 0 spiro atoms. The fourth-order valence-electron chi connectivity index (χ4n) is 1.87. The molecule has 0 atom stereocenters. The van der Waals surface area contributed by atoms with E-state index in [0.717, 1.165) is 25.3 Å². The largest absolute Gasteiger partial charge is 0.490 e. The van der Waals surface area contributed by atoms with Gasteiger partial charge in [0.2, 0.25) is 0 Å². The Morgan fingerprint density at radius 3 is 3.00 bits per heavy atom. The summed E-state index contributed by atoms with van der Waals surface area (Å²) in [5.41, 5.74) is 2.58. The van der Waals surface area contributed by atoms with Gasteiger partial charge < -0.3 is 9.64 Å². The third kappa shape index (κ3) is 1.50. The Labute approximate surface area is 93.0 Å². The molecule has 0 radical (unpaired) electrons. The third-order valence-corrected chi connectivity index (χ3v) is 3.35. The molecule has 0 saturated heterocycles. The average molecular weight is 256 g/mol. The third-order valence-electron chi connectivity index (χ3n) is 2.61. The van der Waals surface area contributed by atoms with Gasteiger partial charge in [-0.1, -0.05) is 22.9 Å². The summed E-state index contributed by atoms with van der Waals surface area (Å²) in [5.74, 6) is 1.01. The molecule has 0 aromatic heterocycles. The van der Waals surface area contributed by atoms with Gasteiger partial charge in [-0.15, -0.1) is 0 Å². The Hall–Kier alpha value is -0.700. The quantitative estimate of drug-likeness (QED) is 0.766. The van der Waals surface area contributed by atoms with Crippen molar-refractivity contribution < 1.29 is 4.74 Å². The number of anilines is 1. The molecule has 0 fully saturated rings. The zero-order valence-electron chi connectivity index (χ0n) is 8.51. The molecule has 0 amide bonds. The van der Waals surface area contributed by atoms with Crippen molar-refractivity contribution in [3.05, 3.63) is 22.2 Å². The molecule has 2 rings (SSSR count). The maximum absolute atomic E-state index is 5.63. The maximum atomic E-state index is 5.63. The summed E-state index contributed by atoms with van der Waals surface area (Å²) >= 11 is 3.58. The summed E-state index contributed by atoms with van der Waals surface area (Å²) in [6, 6.07) is 4.10. The van der Waals surface area contributed by atoms with Crippen LogP contribution in [0.15, 0.2) is 16.6 Å². The number of fused-ring (bicyclic) bond motifs is 1. The molecule has 1 aromatic rings. The number of ether oxygens (including phenoxy) is 1. The van der Waals surface area contributed by atoms with Gasteiger partial charge in [0.15, 0.2) is 0 Å². The lowest BCUT2D eigenvalue weighted by molar-refractivity contribution is 0.310. The van der Waals surface area contributed by atoms with E-state index in [-0.39, 0.29) is 0 Å². The van der Waals surface area contributed by atoms with Gasteiger partial charge in [-0.25, -0.2) is 0 Å². The highest BCUT2D eigenvalue weighted by molar-refractivity contribution is 9.10. The summed E-state index contributed by atoms with van der Waals surface area (Å²) in [7, 11) is 2.12. The number of rotatable bonds is 1. The zero-order chi connectivity index (χ0) is 10.1. The molecule has 0 bridgehead atoms. The van der Waals surface area contributed by atoms with Crippen LogP contribution in [0.4, 0.5) is 5.69 Å². The standard InChI is InChI=1S/C11H14BrNO/c1-3-8-9(12)4-5-10-11(8)13(2)6-7-14-10/h4-5H,3,6-7H2,1-2H3. The number of hydrogen-bond donors (Lipinski definition) is 0. The summed E-state index contributed by atoms with van der Waals surface area (Å²) in [4.78, 5) is 2.27. The van der Waals surface area contributed by atoms with Gasteiger partial charge >= 0.3 is 0 Å². The molecule has 0 saturated carbocycles. The highest BCUT2D eigenvalue weighted by Gasteiger charge is 2.19. The first-order valence-corrected chi connectivity index (χ1v) is 5.68. The van der Waals surface area contributed by atoms with Crippen molar-refractivity contribution in [1.82, 2.24) is 0 Å². The van der Waals surface area contributed by atoms with E-state index in [9.17, 15) is 0 Å².